The molecule has 4 heteroatoms. The highest BCUT2D eigenvalue weighted by Crippen LogP contribution is 2.23. The van der Waals surface area contributed by atoms with E-state index in [1.165, 1.54) is 18.2 Å². The molecule has 0 fully saturated rings. The first-order valence-corrected chi connectivity index (χ1v) is 6.65. The van der Waals surface area contributed by atoms with Crippen LogP contribution in [0.1, 0.15) is 21.8 Å². The first-order valence-electron chi connectivity index (χ1n) is 5.57. The van der Waals surface area contributed by atoms with Crippen LogP contribution in [-0.4, -0.2) is 5.78 Å². The Hall–Kier alpha value is -1.74. The van der Waals surface area contributed by atoms with Crippen molar-refractivity contribution in [3.63, 3.8) is 0 Å². The monoisotopic (exact) mass is 365 g/mol. The second-order valence-electron chi connectivity index (χ2n) is 3.95. The smallest absolute Gasteiger partial charge is 0.184 e. The van der Waals surface area contributed by atoms with Crippen LogP contribution < -0.4 is 0 Å². The summed E-state index contributed by atoms with van der Waals surface area (Å²) in [4.78, 5) is 12.2. The number of hydrogen-bond acceptors (Lipinski definition) is 2. The maximum atomic E-state index is 13.7. The Balaban J connectivity index is 2.38. The lowest BCUT2D eigenvalue weighted by Crippen LogP contribution is -2.12. The Morgan fingerprint density at radius 3 is 2.37 bits per heavy atom. The van der Waals surface area contributed by atoms with Gasteiger partial charge in [0.05, 0.1) is 6.07 Å². The number of rotatable bonds is 3. The Bertz CT molecular complexity index is 646. The molecule has 0 aromatic heterocycles. The molecule has 1 atom stereocenters. The predicted octanol–water partition coefficient (Wildman–Crippen LogP) is 3.92. The minimum atomic E-state index is -1.11. The SMILES string of the molecule is N#CC(C(=O)c1ccc(I)cc1)c1ccccc1F. The Morgan fingerprint density at radius 2 is 1.79 bits per heavy atom. The first kappa shape index (κ1) is 13.7. The van der Waals surface area contributed by atoms with Crippen LogP contribution in [-0.2, 0) is 0 Å². The molecule has 2 aromatic carbocycles. The number of carbonyl (C=O) groups excluding carboxylic acids is 1. The first-order chi connectivity index (χ1) is 9.13. The zero-order valence-corrected chi connectivity index (χ0v) is 12.0. The lowest BCUT2D eigenvalue weighted by Gasteiger charge is -2.09. The summed E-state index contributed by atoms with van der Waals surface area (Å²) in [6, 6.07) is 14.6. The molecule has 19 heavy (non-hydrogen) atoms. The fourth-order valence-corrected chi connectivity index (χ4v) is 2.12. The van der Waals surface area contributed by atoms with E-state index in [-0.39, 0.29) is 11.3 Å². The van der Waals surface area contributed by atoms with E-state index in [0.29, 0.717) is 5.56 Å². The largest absolute Gasteiger partial charge is 0.292 e. The molecule has 0 aliphatic heterocycles. The van der Waals surface area contributed by atoms with Gasteiger partial charge in [-0.15, -0.1) is 0 Å². The lowest BCUT2D eigenvalue weighted by molar-refractivity contribution is 0.0977. The van der Waals surface area contributed by atoms with Gasteiger partial charge in [0.1, 0.15) is 11.7 Å². The van der Waals surface area contributed by atoms with Crippen LogP contribution >= 0.6 is 22.6 Å². The van der Waals surface area contributed by atoms with Gasteiger partial charge in [-0.3, -0.25) is 4.79 Å². The van der Waals surface area contributed by atoms with E-state index >= 15 is 0 Å². The molecule has 0 heterocycles. The highest BCUT2D eigenvalue weighted by atomic mass is 127. The maximum absolute atomic E-state index is 13.7. The van der Waals surface area contributed by atoms with Gasteiger partial charge in [0.25, 0.3) is 0 Å². The van der Waals surface area contributed by atoms with Crippen molar-refractivity contribution in [3.8, 4) is 6.07 Å². The Kier molecular flexibility index (Phi) is 4.27. The topological polar surface area (TPSA) is 40.9 Å². The standard InChI is InChI=1S/C15H9FINO/c16-14-4-2-1-3-12(14)13(9-18)15(19)10-5-7-11(17)8-6-10/h1-8,13H. The molecule has 0 saturated heterocycles. The number of hydrogen-bond donors (Lipinski definition) is 0. The van der Waals surface area contributed by atoms with Crippen LogP contribution in [0, 0.1) is 20.7 Å². The molecular formula is C15H9FINO. The molecule has 0 saturated carbocycles. The highest BCUT2D eigenvalue weighted by Gasteiger charge is 2.24. The molecular weight excluding hydrogens is 356 g/mol. The minimum Gasteiger partial charge on any atom is -0.292 e. The van der Waals surface area contributed by atoms with Gasteiger partial charge in [-0.1, -0.05) is 30.3 Å². The van der Waals surface area contributed by atoms with E-state index in [9.17, 15) is 9.18 Å². The zero-order valence-electron chi connectivity index (χ0n) is 9.81. The molecule has 1 unspecified atom stereocenters. The molecule has 94 valence electrons. The van der Waals surface area contributed by atoms with Crippen LogP contribution in [0.2, 0.25) is 0 Å². The van der Waals surface area contributed by atoms with Gasteiger partial charge < -0.3 is 0 Å². The summed E-state index contributed by atoms with van der Waals surface area (Å²) in [7, 11) is 0. The molecule has 0 aliphatic carbocycles. The number of halogens is 2. The van der Waals surface area contributed by atoms with E-state index in [1.807, 2.05) is 6.07 Å². The van der Waals surface area contributed by atoms with Crippen molar-refractivity contribution in [2.45, 2.75) is 5.92 Å². The van der Waals surface area contributed by atoms with E-state index in [0.717, 1.165) is 3.57 Å². The predicted molar refractivity (Wildman–Crippen MR) is 78.2 cm³/mol. The van der Waals surface area contributed by atoms with E-state index < -0.39 is 11.7 Å². The average Bonchev–Trinajstić information content (AvgIpc) is 2.42. The minimum absolute atomic E-state index is 0.119. The number of benzene rings is 2. The molecule has 0 spiro atoms. The molecule has 0 aliphatic rings. The third-order valence-electron chi connectivity index (χ3n) is 2.74. The summed E-state index contributed by atoms with van der Waals surface area (Å²) in [6.45, 7) is 0. The van der Waals surface area contributed by atoms with Crippen LogP contribution in [0.5, 0.6) is 0 Å². The normalized spacial score (nSPS) is 11.6. The van der Waals surface area contributed by atoms with Gasteiger partial charge in [0, 0.05) is 14.7 Å². The Labute approximate surface area is 124 Å². The molecule has 0 amide bonds. The second-order valence-corrected chi connectivity index (χ2v) is 5.20. The number of ketones is 1. The molecule has 2 aromatic rings. The summed E-state index contributed by atoms with van der Waals surface area (Å²) >= 11 is 2.13. The van der Waals surface area contributed by atoms with Gasteiger partial charge in [0.2, 0.25) is 0 Å². The summed E-state index contributed by atoms with van der Waals surface area (Å²) in [5, 5.41) is 9.15. The van der Waals surface area contributed by atoms with Crippen molar-refractivity contribution < 1.29 is 9.18 Å². The molecule has 0 radical (unpaired) electrons. The van der Waals surface area contributed by atoms with E-state index in [2.05, 4.69) is 22.6 Å². The molecule has 2 rings (SSSR count). The van der Waals surface area contributed by atoms with Crippen molar-refractivity contribution in [3.05, 3.63) is 69.0 Å². The fourth-order valence-electron chi connectivity index (χ4n) is 1.76. The summed E-state index contributed by atoms with van der Waals surface area (Å²) in [6.07, 6.45) is 0. The lowest BCUT2D eigenvalue weighted by atomic mass is 9.91. The average molecular weight is 365 g/mol. The molecule has 2 nitrogen and oxygen atoms in total. The summed E-state index contributed by atoms with van der Waals surface area (Å²) in [5.74, 6) is -2.03. The van der Waals surface area contributed by atoms with Crippen LogP contribution in [0.15, 0.2) is 48.5 Å². The maximum Gasteiger partial charge on any atom is 0.184 e. The van der Waals surface area contributed by atoms with Crippen molar-refractivity contribution in [2.75, 3.05) is 0 Å². The third kappa shape index (κ3) is 2.99. The fraction of sp³-hybridized carbons (Fsp3) is 0.0667. The summed E-state index contributed by atoms with van der Waals surface area (Å²) in [5.41, 5.74) is 0.531. The number of nitriles is 1. The van der Waals surface area contributed by atoms with E-state index in [4.69, 9.17) is 5.26 Å². The number of Topliss-reactive ketones (excluding diaryl/α,β-unsaturated/α-hetero) is 1. The van der Waals surface area contributed by atoms with Gasteiger partial charge in [0.15, 0.2) is 5.78 Å². The zero-order chi connectivity index (χ0) is 13.8. The van der Waals surface area contributed by atoms with Crippen molar-refractivity contribution in [2.24, 2.45) is 0 Å². The van der Waals surface area contributed by atoms with Gasteiger partial charge >= 0.3 is 0 Å². The van der Waals surface area contributed by atoms with E-state index in [1.54, 1.807) is 30.3 Å². The van der Waals surface area contributed by atoms with Gasteiger partial charge in [-0.25, -0.2) is 4.39 Å². The van der Waals surface area contributed by atoms with Crippen LogP contribution in [0.4, 0.5) is 4.39 Å². The third-order valence-corrected chi connectivity index (χ3v) is 3.46. The highest BCUT2D eigenvalue weighted by molar-refractivity contribution is 14.1. The molecule has 0 N–H and O–H groups in total. The molecule has 0 bridgehead atoms. The quantitative estimate of drug-likeness (QED) is 0.611. The number of nitrogens with zero attached hydrogens (tertiary/aromatic N) is 1. The van der Waals surface area contributed by atoms with Gasteiger partial charge in [-0.2, -0.15) is 5.26 Å². The van der Waals surface area contributed by atoms with Crippen LogP contribution in [0.25, 0.3) is 0 Å². The van der Waals surface area contributed by atoms with Crippen molar-refractivity contribution in [1.29, 1.82) is 5.26 Å². The van der Waals surface area contributed by atoms with Crippen LogP contribution in [0.3, 0.4) is 0 Å². The van der Waals surface area contributed by atoms with Crippen molar-refractivity contribution >= 4 is 28.4 Å². The second kappa shape index (κ2) is 5.93. The Morgan fingerprint density at radius 1 is 1.16 bits per heavy atom. The van der Waals surface area contributed by atoms with Gasteiger partial charge in [-0.05, 0) is 40.8 Å². The number of carbonyl (C=O) groups is 1. The summed E-state index contributed by atoms with van der Waals surface area (Å²) < 4.78 is 14.7. The van der Waals surface area contributed by atoms with Crippen molar-refractivity contribution in [1.82, 2.24) is 0 Å².